The Morgan fingerprint density at radius 3 is 2.53 bits per heavy atom. The fraction of sp³-hybridized carbons (Fsp3) is 0.417. The van der Waals surface area contributed by atoms with Crippen molar-refractivity contribution in [3.8, 4) is 0 Å². The van der Waals surface area contributed by atoms with Crippen molar-refractivity contribution in [3.63, 3.8) is 0 Å². The Bertz CT molecular complexity index is 409. The van der Waals surface area contributed by atoms with Crippen molar-refractivity contribution < 1.29 is 18.7 Å². The topological polar surface area (TPSA) is 49.3 Å². The van der Waals surface area contributed by atoms with Crippen LogP contribution in [0.2, 0.25) is 0 Å². The van der Waals surface area contributed by atoms with Gasteiger partial charge in [0.15, 0.2) is 11.6 Å². The van der Waals surface area contributed by atoms with E-state index in [0.29, 0.717) is 0 Å². The minimum atomic E-state index is -1.06. The van der Waals surface area contributed by atoms with Crippen LogP contribution in [-0.4, -0.2) is 23.7 Å². The molecule has 94 valence electrons. The number of hydrogen-bond acceptors (Lipinski definition) is 2. The van der Waals surface area contributed by atoms with Crippen molar-refractivity contribution in [3.05, 3.63) is 35.4 Å². The molecule has 0 bridgehead atoms. The molecule has 0 spiro atoms. The Labute approximate surface area is 98.5 Å². The molecule has 2 atom stereocenters. The zero-order valence-electron chi connectivity index (χ0n) is 9.71. The molecule has 1 amide bonds. The van der Waals surface area contributed by atoms with Crippen LogP contribution in [0.15, 0.2) is 18.2 Å². The van der Waals surface area contributed by atoms with E-state index < -0.39 is 17.5 Å². The third-order valence-corrected chi connectivity index (χ3v) is 2.68. The first kappa shape index (κ1) is 13.6. The van der Waals surface area contributed by atoms with Gasteiger partial charge in [0.1, 0.15) is 0 Å². The molecule has 0 aliphatic heterocycles. The second kappa shape index (κ2) is 5.72. The summed E-state index contributed by atoms with van der Waals surface area (Å²) in [4.78, 5) is 11.7. The van der Waals surface area contributed by atoms with E-state index in [9.17, 15) is 13.6 Å². The lowest BCUT2D eigenvalue weighted by molar-refractivity contribution is 0.0915. The summed E-state index contributed by atoms with van der Waals surface area (Å²) in [6, 6.07) is 2.72. The second-order valence-corrected chi connectivity index (χ2v) is 4.05. The van der Waals surface area contributed by atoms with Gasteiger partial charge in [0.25, 0.3) is 5.91 Å². The average Bonchev–Trinajstić information content (AvgIpc) is 2.31. The molecule has 2 unspecified atom stereocenters. The molecule has 0 aliphatic rings. The Morgan fingerprint density at radius 2 is 2.00 bits per heavy atom. The number of hydrogen-bond donors (Lipinski definition) is 2. The molecule has 0 aliphatic carbocycles. The summed E-state index contributed by atoms with van der Waals surface area (Å²) in [6.45, 7) is 3.45. The van der Waals surface area contributed by atoms with Crippen LogP contribution >= 0.6 is 0 Å². The van der Waals surface area contributed by atoms with Gasteiger partial charge < -0.3 is 10.4 Å². The van der Waals surface area contributed by atoms with Gasteiger partial charge in [-0.05, 0) is 31.0 Å². The lowest BCUT2D eigenvalue weighted by Gasteiger charge is -2.19. The maximum atomic E-state index is 12.9. The van der Waals surface area contributed by atoms with Crippen LogP contribution in [0.25, 0.3) is 0 Å². The molecular formula is C12H15F2NO2. The molecule has 0 fully saturated rings. The fourth-order valence-corrected chi connectivity index (χ4v) is 1.23. The zero-order chi connectivity index (χ0) is 13.0. The van der Waals surface area contributed by atoms with Crippen molar-refractivity contribution in [1.29, 1.82) is 0 Å². The third-order valence-electron chi connectivity index (χ3n) is 2.68. The smallest absolute Gasteiger partial charge is 0.251 e. The molecule has 0 heterocycles. The number of aliphatic hydroxyl groups excluding tert-OH is 1. The molecule has 3 nitrogen and oxygen atoms in total. The fourth-order valence-electron chi connectivity index (χ4n) is 1.23. The van der Waals surface area contributed by atoms with Gasteiger partial charge in [0.05, 0.1) is 0 Å². The van der Waals surface area contributed by atoms with Crippen LogP contribution in [0.3, 0.4) is 0 Å². The SMILES string of the molecule is CC(CO)C(C)NC(=O)c1ccc(F)c(F)c1. The molecule has 5 heteroatoms. The van der Waals surface area contributed by atoms with Crippen molar-refractivity contribution in [2.75, 3.05) is 6.61 Å². The largest absolute Gasteiger partial charge is 0.396 e. The molecule has 1 aromatic rings. The Morgan fingerprint density at radius 1 is 1.35 bits per heavy atom. The normalized spacial score (nSPS) is 14.2. The Kier molecular flexibility index (Phi) is 4.57. The predicted molar refractivity (Wildman–Crippen MR) is 59.5 cm³/mol. The number of amides is 1. The van der Waals surface area contributed by atoms with Crippen LogP contribution in [-0.2, 0) is 0 Å². The summed E-state index contributed by atoms with van der Waals surface area (Å²) in [6.07, 6.45) is 0. The lowest BCUT2D eigenvalue weighted by Crippen LogP contribution is -2.38. The average molecular weight is 243 g/mol. The van der Waals surface area contributed by atoms with Crippen LogP contribution in [0, 0.1) is 17.6 Å². The van der Waals surface area contributed by atoms with E-state index in [1.807, 2.05) is 0 Å². The summed E-state index contributed by atoms with van der Waals surface area (Å²) in [5.74, 6) is -2.64. The Hall–Kier alpha value is -1.49. The molecule has 1 aromatic carbocycles. The van der Waals surface area contributed by atoms with E-state index in [4.69, 9.17) is 5.11 Å². The highest BCUT2D eigenvalue weighted by Crippen LogP contribution is 2.09. The van der Waals surface area contributed by atoms with Crippen LogP contribution in [0.4, 0.5) is 8.78 Å². The number of carbonyl (C=O) groups is 1. The number of nitrogens with one attached hydrogen (secondary N) is 1. The van der Waals surface area contributed by atoms with Gasteiger partial charge >= 0.3 is 0 Å². The van der Waals surface area contributed by atoms with E-state index in [0.717, 1.165) is 12.1 Å². The van der Waals surface area contributed by atoms with Crippen molar-refractivity contribution in [2.24, 2.45) is 5.92 Å². The number of rotatable bonds is 4. The summed E-state index contributed by atoms with van der Waals surface area (Å²) in [5, 5.41) is 11.5. The number of benzene rings is 1. The molecule has 0 saturated heterocycles. The van der Waals surface area contributed by atoms with E-state index in [1.54, 1.807) is 13.8 Å². The molecule has 0 aromatic heterocycles. The van der Waals surface area contributed by atoms with Crippen molar-refractivity contribution in [2.45, 2.75) is 19.9 Å². The van der Waals surface area contributed by atoms with Crippen LogP contribution < -0.4 is 5.32 Å². The molecule has 1 rings (SSSR count). The summed E-state index contributed by atoms with van der Waals surface area (Å²) < 4.78 is 25.6. The first-order valence-electron chi connectivity index (χ1n) is 5.32. The molecule has 0 radical (unpaired) electrons. The molecule has 2 N–H and O–H groups in total. The number of carbonyl (C=O) groups excluding carboxylic acids is 1. The Balaban J connectivity index is 2.73. The number of halogens is 2. The van der Waals surface area contributed by atoms with Gasteiger partial charge in [-0.2, -0.15) is 0 Å². The summed E-state index contributed by atoms with van der Waals surface area (Å²) in [5.41, 5.74) is 0.0564. The molecule has 0 saturated carbocycles. The van der Waals surface area contributed by atoms with Gasteiger partial charge in [-0.25, -0.2) is 8.78 Å². The van der Waals surface area contributed by atoms with Gasteiger partial charge in [0, 0.05) is 18.2 Å². The predicted octanol–water partition coefficient (Wildman–Crippen LogP) is 1.71. The second-order valence-electron chi connectivity index (χ2n) is 4.05. The van der Waals surface area contributed by atoms with Crippen LogP contribution in [0.5, 0.6) is 0 Å². The monoisotopic (exact) mass is 243 g/mol. The van der Waals surface area contributed by atoms with Gasteiger partial charge in [-0.15, -0.1) is 0 Å². The first-order valence-corrected chi connectivity index (χ1v) is 5.32. The van der Waals surface area contributed by atoms with E-state index in [-0.39, 0.29) is 24.1 Å². The standard InChI is InChI=1S/C12H15F2NO2/c1-7(6-16)8(2)15-12(17)9-3-4-10(13)11(14)5-9/h3-5,7-8,16H,6H2,1-2H3,(H,15,17). The first-order chi connectivity index (χ1) is 7.95. The van der Waals surface area contributed by atoms with E-state index in [1.165, 1.54) is 6.07 Å². The zero-order valence-corrected chi connectivity index (χ0v) is 9.71. The highest BCUT2D eigenvalue weighted by atomic mass is 19.2. The summed E-state index contributed by atoms with van der Waals surface area (Å²) >= 11 is 0. The van der Waals surface area contributed by atoms with Gasteiger partial charge in [-0.1, -0.05) is 6.92 Å². The minimum absolute atomic E-state index is 0.0563. The molecule has 17 heavy (non-hydrogen) atoms. The highest BCUT2D eigenvalue weighted by molar-refractivity contribution is 5.94. The van der Waals surface area contributed by atoms with Crippen molar-refractivity contribution >= 4 is 5.91 Å². The number of aliphatic hydroxyl groups is 1. The van der Waals surface area contributed by atoms with E-state index >= 15 is 0 Å². The molecular weight excluding hydrogens is 228 g/mol. The van der Waals surface area contributed by atoms with Gasteiger partial charge in [-0.3, -0.25) is 4.79 Å². The lowest BCUT2D eigenvalue weighted by atomic mass is 10.0. The van der Waals surface area contributed by atoms with Crippen LogP contribution in [0.1, 0.15) is 24.2 Å². The van der Waals surface area contributed by atoms with Gasteiger partial charge in [0.2, 0.25) is 0 Å². The van der Waals surface area contributed by atoms with E-state index in [2.05, 4.69) is 5.32 Å². The maximum Gasteiger partial charge on any atom is 0.251 e. The quantitative estimate of drug-likeness (QED) is 0.845. The maximum absolute atomic E-state index is 12.9. The highest BCUT2D eigenvalue weighted by Gasteiger charge is 2.16. The van der Waals surface area contributed by atoms with Crippen molar-refractivity contribution in [1.82, 2.24) is 5.32 Å². The summed E-state index contributed by atoms with van der Waals surface area (Å²) in [7, 11) is 0. The third kappa shape index (κ3) is 3.49. The minimum Gasteiger partial charge on any atom is -0.396 e.